The van der Waals surface area contributed by atoms with Crippen LogP contribution in [-0.4, -0.2) is 53.3 Å². The van der Waals surface area contributed by atoms with Crippen LogP contribution < -0.4 is 5.32 Å². The van der Waals surface area contributed by atoms with Crippen molar-refractivity contribution in [2.75, 3.05) is 25.0 Å². The van der Waals surface area contributed by atoms with Gasteiger partial charge >= 0.3 is 0 Å². The molecule has 7 nitrogen and oxygen atoms in total. The first-order valence-electron chi connectivity index (χ1n) is 10.3. The number of likely N-dealkylation sites (tertiary alicyclic amines) is 1. The molecule has 0 aliphatic carbocycles. The normalized spacial score (nSPS) is 20.7. The molecule has 2 aromatic carbocycles. The van der Waals surface area contributed by atoms with E-state index in [-0.39, 0.29) is 30.7 Å². The fraction of sp³-hybridized carbons (Fsp3) is 0.348. The minimum atomic E-state index is -0.829. The molecule has 2 N–H and O–H groups in total. The molecule has 2 aromatic rings. The first-order valence-corrected chi connectivity index (χ1v) is 10.3. The Bertz CT molecular complexity index is 1010. The molecule has 8 heteroatoms. The zero-order valence-electron chi connectivity index (χ0n) is 17.0. The van der Waals surface area contributed by atoms with E-state index in [1.54, 1.807) is 41.3 Å². The van der Waals surface area contributed by atoms with Crippen molar-refractivity contribution in [3.8, 4) is 0 Å². The number of oxime groups is 1. The lowest BCUT2D eigenvalue weighted by molar-refractivity contribution is -0.125. The number of benzene rings is 2. The number of hydrogen-bond acceptors (Lipinski definition) is 5. The van der Waals surface area contributed by atoms with Gasteiger partial charge in [-0.25, -0.2) is 4.39 Å². The first kappa shape index (κ1) is 21.0. The highest BCUT2D eigenvalue weighted by molar-refractivity contribution is 6.06. The van der Waals surface area contributed by atoms with Gasteiger partial charge in [-0.05, 0) is 49.1 Å². The van der Waals surface area contributed by atoms with Crippen LogP contribution in [0, 0.1) is 11.7 Å². The number of rotatable bonds is 5. The van der Waals surface area contributed by atoms with Gasteiger partial charge in [0, 0.05) is 42.9 Å². The fourth-order valence-electron chi connectivity index (χ4n) is 3.89. The molecule has 4 rings (SSSR count). The predicted octanol–water partition coefficient (Wildman–Crippen LogP) is 2.80. The topological polar surface area (TPSA) is 91.2 Å². The van der Waals surface area contributed by atoms with Gasteiger partial charge in [-0.1, -0.05) is 23.4 Å². The van der Waals surface area contributed by atoms with E-state index in [2.05, 4.69) is 10.5 Å². The van der Waals surface area contributed by atoms with Crippen LogP contribution >= 0.6 is 0 Å². The van der Waals surface area contributed by atoms with Crippen molar-refractivity contribution in [1.82, 2.24) is 4.90 Å². The molecule has 0 spiro atoms. The van der Waals surface area contributed by atoms with Gasteiger partial charge in [-0.2, -0.15) is 0 Å². The van der Waals surface area contributed by atoms with Gasteiger partial charge < -0.3 is 20.2 Å². The summed E-state index contributed by atoms with van der Waals surface area (Å²) in [6.07, 6.45) is 1.17. The molecule has 2 aliphatic rings. The van der Waals surface area contributed by atoms with Crippen LogP contribution in [0.3, 0.4) is 0 Å². The van der Waals surface area contributed by atoms with E-state index in [4.69, 9.17) is 4.84 Å². The van der Waals surface area contributed by atoms with E-state index in [9.17, 15) is 19.1 Å². The van der Waals surface area contributed by atoms with Gasteiger partial charge in [0.2, 0.25) is 6.10 Å². The van der Waals surface area contributed by atoms with E-state index in [1.165, 1.54) is 12.1 Å². The summed E-state index contributed by atoms with van der Waals surface area (Å²) in [5.74, 6) is -0.790. The number of carbonyl (C=O) groups is 2. The third kappa shape index (κ3) is 4.91. The molecular weight excluding hydrogens is 401 g/mol. The smallest absolute Gasteiger partial charge is 0.268 e. The minimum Gasteiger partial charge on any atom is -0.396 e. The highest BCUT2D eigenvalue weighted by Crippen LogP contribution is 2.22. The molecule has 2 aliphatic heterocycles. The number of nitrogens with one attached hydrogen (secondary N) is 1. The van der Waals surface area contributed by atoms with Gasteiger partial charge in [-0.15, -0.1) is 0 Å². The summed E-state index contributed by atoms with van der Waals surface area (Å²) >= 11 is 0. The minimum absolute atomic E-state index is 0.0704. The monoisotopic (exact) mass is 425 g/mol. The van der Waals surface area contributed by atoms with Crippen LogP contribution in [0.5, 0.6) is 0 Å². The number of aliphatic hydroxyl groups is 1. The summed E-state index contributed by atoms with van der Waals surface area (Å²) in [6.45, 7) is 1.25. The standard InChI is InChI=1S/C23H24FN3O4/c24-18-7-1-5-16(10-18)20-12-21(31-26-20)22(29)25-19-8-2-6-17(11-19)23(30)27-9-3-4-15(13-27)14-28/h1-2,5-8,10-11,15,21,28H,3-4,9,12-14H2,(H,25,29). The predicted molar refractivity (Wildman–Crippen MR) is 113 cm³/mol. The maximum Gasteiger partial charge on any atom is 0.268 e. The summed E-state index contributed by atoms with van der Waals surface area (Å²) in [4.78, 5) is 32.4. The Morgan fingerprint density at radius 2 is 2.06 bits per heavy atom. The van der Waals surface area contributed by atoms with E-state index < -0.39 is 12.0 Å². The molecule has 2 amide bonds. The summed E-state index contributed by atoms with van der Waals surface area (Å²) < 4.78 is 13.4. The lowest BCUT2D eigenvalue weighted by Gasteiger charge is -2.32. The van der Waals surface area contributed by atoms with Crippen LogP contribution in [0.4, 0.5) is 10.1 Å². The summed E-state index contributed by atoms with van der Waals surface area (Å²) in [5.41, 5.74) is 2.03. The van der Waals surface area contributed by atoms with Gasteiger partial charge in [-0.3, -0.25) is 9.59 Å². The number of amides is 2. The van der Waals surface area contributed by atoms with Crippen molar-refractivity contribution in [3.63, 3.8) is 0 Å². The van der Waals surface area contributed by atoms with Crippen LogP contribution in [0.25, 0.3) is 0 Å². The Hall–Kier alpha value is -3.26. The summed E-state index contributed by atoms with van der Waals surface area (Å²) in [7, 11) is 0. The molecule has 1 fully saturated rings. The Kier molecular flexibility index (Phi) is 6.27. The molecule has 2 atom stereocenters. The number of anilines is 1. The van der Waals surface area contributed by atoms with Gasteiger partial charge in [0.15, 0.2) is 0 Å². The third-order valence-electron chi connectivity index (χ3n) is 5.56. The average molecular weight is 425 g/mol. The van der Waals surface area contributed by atoms with E-state index in [0.717, 1.165) is 12.8 Å². The fourth-order valence-corrected chi connectivity index (χ4v) is 3.89. The molecular formula is C23H24FN3O4. The van der Waals surface area contributed by atoms with Gasteiger partial charge in [0.25, 0.3) is 11.8 Å². The van der Waals surface area contributed by atoms with Crippen molar-refractivity contribution < 1.29 is 23.9 Å². The quantitative estimate of drug-likeness (QED) is 0.771. The van der Waals surface area contributed by atoms with Crippen LogP contribution in [-0.2, 0) is 9.63 Å². The SMILES string of the molecule is O=C(Nc1cccc(C(=O)N2CCCC(CO)C2)c1)C1CC(c2cccc(F)c2)=NO1. The van der Waals surface area contributed by atoms with Crippen molar-refractivity contribution >= 4 is 23.2 Å². The molecule has 2 heterocycles. The zero-order valence-corrected chi connectivity index (χ0v) is 17.0. The van der Waals surface area contributed by atoms with Crippen molar-refractivity contribution in [2.24, 2.45) is 11.1 Å². The Balaban J connectivity index is 1.38. The maximum atomic E-state index is 13.4. The van der Waals surface area contributed by atoms with E-state index in [0.29, 0.717) is 35.6 Å². The number of nitrogens with zero attached hydrogens (tertiary/aromatic N) is 2. The summed E-state index contributed by atoms with van der Waals surface area (Å²) in [6, 6.07) is 12.7. The number of halogens is 1. The lowest BCUT2D eigenvalue weighted by Crippen LogP contribution is -2.41. The molecule has 0 bridgehead atoms. The van der Waals surface area contributed by atoms with Crippen LogP contribution in [0.15, 0.2) is 53.7 Å². The van der Waals surface area contributed by atoms with Crippen molar-refractivity contribution in [3.05, 3.63) is 65.5 Å². The zero-order chi connectivity index (χ0) is 21.8. The van der Waals surface area contributed by atoms with Gasteiger partial charge in [0.05, 0.1) is 5.71 Å². The Labute approximate surface area is 179 Å². The molecule has 31 heavy (non-hydrogen) atoms. The van der Waals surface area contributed by atoms with Gasteiger partial charge in [0.1, 0.15) is 5.82 Å². The number of aliphatic hydroxyl groups excluding tert-OH is 1. The second-order valence-electron chi connectivity index (χ2n) is 7.86. The number of carbonyl (C=O) groups excluding carboxylic acids is 2. The highest BCUT2D eigenvalue weighted by atomic mass is 19.1. The molecule has 0 saturated carbocycles. The maximum absolute atomic E-state index is 13.4. The van der Waals surface area contributed by atoms with Crippen LogP contribution in [0.2, 0.25) is 0 Å². The lowest BCUT2D eigenvalue weighted by atomic mass is 9.98. The number of piperidine rings is 1. The average Bonchev–Trinajstić information content (AvgIpc) is 3.29. The third-order valence-corrected chi connectivity index (χ3v) is 5.56. The number of hydrogen-bond donors (Lipinski definition) is 2. The Morgan fingerprint density at radius 1 is 1.23 bits per heavy atom. The highest BCUT2D eigenvalue weighted by Gasteiger charge is 2.29. The largest absolute Gasteiger partial charge is 0.396 e. The van der Waals surface area contributed by atoms with Crippen molar-refractivity contribution in [1.29, 1.82) is 0 Å². The molecule has 162 valence electrons. The molecule has 2 unspecified atom stereocenters. The molecule has 1 saturated heterocycles. The first-order chi connectivity index (χ1) is 15.0. The second kappa shape index (κ2) is 9.26. The molecule has 0 aromatic heterocycles. The molecule has 0 radical (unpaired) electrons. The van der Waals surface area contributed by atoms with E-state index in [1.807, 2.05) is 0 Å². The second-order valence-corrected chi connectivity index (χ2v) is 7.86. The van der Waals surface area contributed by atoms with Crippen molar-refractivity contribution in [2.45, 2.75) is 25.4 Å². The summed E-state index contributed by atoms with van der Waals surface area (Å²) in [5, 5.41) is 16.1. The van der Waals surface area contributed by atoms with Crippen LogP contribution in [0.1, 0.15) is 35.2 Å². The van der Waals surface area contributed by atoms with E-state index >= 15 is 0 Å². The Morgan fingerprint density at radius 3 is 2.87 bits per heavy atom.